The third-order valence-corrected chi connectivity index (χ3v) is 2.54. The Labute approximate surface area is 133 Å². The van der Waals surface area contributed by atoms with Gasteiger partial charge in [0.15, 0.2) is 0 Å². The maximum atomic E-state index is 11.3. The lowest BCUT2D eigenvalue weighted by molar-refractivity contribution is -0.124. The van der Waals surface area contributed by atoms with Crippen LogP contribution in [0.4, 0.5) is 0 Å². The molecule has 22 heavy (non-hydrogen) atoms. The highest BCUT2D eigenvalue weighted by molar-refractivity contribution is 5.77. The summed E-state index contributed by atoms with van der Waals surface area (Å²) in [7, 11) is 0. The number of carbonyl (C=O) groups excluding carboxylic acids is 1. The summed E-state index contributed by atoms with van der Waals surface area (Å²) < 4.78 is 21.2. The molecule has 0 radical (unpaired) electrons. The topological polar surface area (TPSA) is 66.0 Å². The predicted molar refractivity (Wildman–Crippen MR) is 84.6 cm³/mol. The molecule has 0 saturated carbocycles. The van der Waals surface area contributed by atoms with Gasteiger partial charge < -0.3 is 24.3 Å². The highest BCUT2D eigenvalue weighted by Gasteiger charge is 2.04. The van der Waals surface area contributed by atoms with Crippen molar-refractivity contribution in [3.63, 3.8) is 0 Å². The van der Waals surface area contributed by atoms with Gasteiger partial charge in [-0.05, 0) is 6.92 Å². The molecule has 0 bridgehead atoms. The molecule has 6 nitrogen and oxygen atoms in total. The van der Waals surface area contributed by atoms with Crippen molar-refractivity contribution >= 4 is 5.91 Å². The smallest absolute Gasteiger partial charge is 0.222 e. The number of nitrogens with one attached hydrogen (secondary N) is 1. The molecule has 128 valence electrons. The van der Waals surface area contributed by atoms with Gasteiger partial charge in [0, 0.05) is 12.5 Å². The summed E-state index contributed by atoms with van der Waals surface area (Å²) in [4.78, 5) is 11.3. The van der Waals surface area contributed by atoms with E-state index >= 15 is 0 Å². The van der Waals surface area contributed by atoms with Crippen molar-refractivity contribution in [1.29, 1.82) is 0 Å². The quantitative estimate of drug-likeness (QED) is 0.380. The summed E-state index contributed by atoms with van der Waals surface area (Å²) in [5.74, 6) is 5.62. The first-order chi connectivity index (χ1) is 10.7. The Morgan fingerprint density at radius 3 is 1.91 bits per heavy atom. The zero-order valence-corrected chi connectivity index (χ0v) is 14.0. The number of rotatable bonds is 14. The van der Waals surface area contributed by atoms with Crippen LogP contribution < -0.4 is 5.32 Å². The molecule has 0 aliphatic rings. The van der Waals surface area contributed by atoms with Gasteiger partial charge in [-0.25, -0.2) is 0 Å². The summed E-state index contributed by atoms with van der Waals surface area (Å²) in [6.07, 6.45) is 0. The van der Waals surface area contributed by atoms with Crippen LogP contribution in [0.3, 0.4) is 0 Å². The summed E-state index contributed by atoms with van der Waals surface area (Å²) in [6, 6.07) is 0. The van der Waals surface area contributed by atoms with Crippen LogP contribution in [-0.2, 0) is 23.7 Å². The van der Waals surface area contributed by atoms with Crippen LogP contribution in [0.2, 0.25) is 0 Å². The van der Waals surface area contributed by atoms with Crippen molar-refractivity contribution in [2.45, 2.75) is 20.8 Å². The Kier molecular flexibility index (Phi) is 15.4. The van der Waals surface area contributed by atoms with E-state index in [9.17, 15) is 4.79 Å². The highest BCUT2D eigenvalue weighted by atomic mass is 16.6. The molecule has 1 N–H and O–H groups in total. The first-order valence-electron chi connectivity index (χ1n) is 7.66. The van der Waals surface area contributed by atoms with Crippen LogP contribution in [-0.4, -0.2) is 65.3 Å². The molecular formula is C16H29NO5. The minimum Gasteiger partial charge on any atom is -0.377 e. The first-order valence-corrected chi connectivity index (χ1v) is 7.66. The largest absolute Gasteiger partial charge is 0.377 e. The Morgan fingerprint density at radius 2 is 1.41 bits per heavy atom. The Morgan fingerprint density at radius 1 is 0.909 bits per heavy atom. The molecule has 0 fully saturated rings. The van der Waals surface area contributed by atoms with E-state index < -0.39 is 0 Å². The predicted octanol–water partition coefficient (Wildman–Crippen LogP) is 0.848. The maximum Gasteiger partial charge on any atom is 0.222 e. The summed E-state index contributed by atoms with van der Waals surface area (Å²) >= 11 is 0. The number of hydrogen-bond acceptors (Lipinski definition) is 5. The molecule has 0 spiro atoms. The van der Waals surface area contributed by atoms with Gasteiger partial charge in [0.2, 0.25) is 5.91 Å². The SMILES string of the molecule is CC#CCOCCOCCOCCOCCNC(=O)C(C)C. The number of hydrogen-bond donors (Lipinski definition) is 1. The Bertz CT molecular complexity index is 322. The van der Waals surface area contributed by atoms with Gasteiger partial charge in [0.1, 0.15) is 6.61 Å². The number of carbonyl (C=O) groups is 1. The van der Waals surface area contributed by atoms with E-state index in [1.807, 2.05) is 13.8 Å². The Hall–Kier alpha value is -1.13. The monoisotopic (exact) mass is 315 g/mol. The molecule has 0 aromatic carbocycles. The third kappa shape index (κ3) is 15.3. The van der Waals surface area contributed by atoms with Gasteiger partial charge in [0.05, 0.1) is 46.2 Å². The minimum atomic E-state index is 0.00769. The lowest BCUT2D eigenvalue weighted by atomic mass is 10.2. The van der Waals surface area contributed by atoms with E-state index in [2.05, 4.69) is 17.2 Å². The van der Waals surface area contributed by atoms with Crippen molar-refractivity contribution in [1.82, 2.24) is 5.32 Å². The van der Waals surface area contributed by atoms with Crippen LogP contribution in [0.25, 0.3) is 0 Å². The molecule has 0 aliphatic heterocycles. The second-order valence-corrected chi connectivity index (χ2v) is 4.76. The molecule has 0 saturated heterocycles. The molecular weight excluding hydrogens is 286 g/mol. The molecule has 6 heteroatoms. The van der Waals surface area contributed by atoms with E-state index in [0.29, 0.717) is 59.4 Å². The van der Waals surface area contributed by atoms with Crippen molar-refractivity contribution in [2.24, 2.45) is 5.92 Å². The fraction of sp³-hybridized carbons (Fsp3) is 0.812. The molecule has 1 amide bonds. The highest BCUT2D eigenvalue weighted by Crippen LogP contribution is 1.89. The zero-order valence-electron chi connectivity index (χ0n) is 14.0. The zero-order chi connectivity index (χ0) is 16.5. The molecule has 0 heterocycles. The summed E-state index contributed by atoms with van der Waals surface area (Å²) in [5, 5.41) is 2.78. The molecule has 0 aliphatic carbocycles. The fourth-order valence-electron chi connectivity index (χ4n) is 1.31. The van der Waals surface area contributed by atoms with Gasteiger partial charge in [0.25, 0.3) is 0 Å². The minimum absolute atomic E-state index is 0.00769. The molecule has 0 rings (SSSR count). The van der Waals surface area contributed by atoms with E-state index in [1.54, 1.807) is 6.92 Å². The fourth-order valence-corrected chi connectivity index (χ4v) is 1.31. The molecule has 0 aromatic heterocycles. The first kappa shape index (κ1) is 20.9. The normalized spacial score (nSPS) is 10.4. The number of amides is 1. The van der Waals surface area contributed by atoms with Gasteiger partial charge >= 0.3 is 0 Å². The molecule has 0 unspecified atom stereocenters. The third-order valence-electron chi connectivity index (χ3n) is 2.54. The van der Waals surface area contributed by atoms with Gasteiger partial charge in [-0.3, -0.25) is 4.79 Å². The second kappa shape index (κ2) is 16.2. The van der Waals surface area contributed by atoms with Crippen LogP contribution in [0, 0.1) is 17.8 Å². The van der Waals surface area contributed by atoms with Crippen LogP contribution in [0.5, 0.6) is 0 Å². The van der Waals surface area contributed by atoms with Crippen LogP contribution in [0.1, 0.15) is 20.8 Å². The van der Waals surface area contributed by atoms with Crippen molar-refractivity contribution < 1.29 is 23.7 Å². The van der Waals surface area contributed by atoms with Crippen LogP contribution in [0.15, 0.2) is 0 Å². The number of ether oxygens (including phenoxy) is 4. The van der Waals surface area contributed by atoms with E-state index in [4.69, 9.17) is 18.9 Å². The van der Waals surface area contributed by atoms with Crippen molar-refractivity contribution in [3.05, 3.63) is 0 Å². The summed E-state index contributed by atoms with van der Waals surface area (Å²) in [5.41, 5.74) is 0. The van der Waals surface area contributed by atoms with Gasteiger partial charge in [-0.1, -0.05) is 19.8 Å². The van der Waals surface area contributed by atoms with Gasteiger partial charge in [-0.2, -0.15) is 0 Å². The molecule has 0 aromatic rings. The summed E-state index contributed by atoms with van der Waals surface area (Å²) in [6.45, 7) is 10.2. The van der Waals surface area contributed by atoms with E-state index in [0.717, 1.165) is 0 Å². The second-order valence-electron chi connectivity index (χ2n) is 4.76. The van der Waals surface area contributed by atoms with E-state index in [-0.39, 0.29) is 11.8 Å². The van der Waals surface area contributed by atoms with Gasteiger partial charge in [-0.15, -0.1) is 5.92 Å². The molecule has 0 atom stereocenters. The lowest BCUT2D eigenvalue weighted by Gasteiger charge is -2.09. The van der Waals surface area contributed by atoms with Crippen LogP contribution >= 0.6 is 0 Å². The standard InChI is InChI=1S/C16H29NO5/c1-4-5-7-19-9-11-21-13-14-22-12-10-20-8-6-17-16(18)15(2)3/h15H,6-14H2,1-3H3,(H,17,18). The average molecular weight is 315 g/mol. The van der Waals surface area contributed by atoms with Crippen molar-refractivity contribution in [3.8, 4) is 11.8 Å². The maximum absolute atomic E-state index is 11.3. The van der Waals surface area contributed by atoms with Crippen molar-refractivity contribution in [2.75, 3.05) is 59.4 Å². The van der Waals surface area contributed by atoms with E-state index in [1.165, 1.54) is 0 Å². The Balaban J connectivity index is 3.08. The lowest BCUT2D eigenvalue weighted by Crippen LogP contribution is -2.31. The average Bonchev–Trinajstić information content (AvgIpc) is 2.50.